The lowest BCUT2D eigenvalue weighted by molar-refractivity contribution is 0.00304. The van der Waals surface area contributed by atoms with Crippen LogP contribution >= 0.6 is 0 Å². The van der Waals surface area contributed by atoms with Gasteiger partial charge in [0, 0.05) is 12.0 Å². The SMILES string of the molecule is CCC(CO)(CO)CO.CCCCCCCCCCCCO. The molecule has 0 saturated heterocycles. The molecule has 0 atom stereocenters. The Balaban J connectivity index is 0. The summed E-state index contributed by atoms with van der Waals surface area (Å²) in [4.78, 5) is 0. The third kappa shape index (κ3) is 14.8. The highest BCUT2D eigenvalue weighted by molar-refractivity contribution is 4.74. The molecule has 4 nitrogen and oxygen atoms in total. The minimum atomic E-state index is -0.667. The maximum Gasteiger partial charge on any atom is 0.0531 e. The second-order valence-electron chi connectivity index (χ2n) is 6.23. The van der Waals surface area contributed by atoms with Crippen molar-refractivity contribution in [2.75, 3.05) is 26.4 Å². The van der Waals surface area contributed by atoms with Crippen molar-refractivity contribution in [3.05, 3.63) is 0 Å². The molecule has 4 heteroatoms. The standard InChI is InChI=1S/C12H26O.C6H14O3/c1-2-3-4-5-6-7-8-9-10-11-12-13;1-2-6(3-7,4-8)5-9/h13H,2-12H2,1H3;7-9H,2-5H2,1H3. The van der Waals surface area contributed by atoms with Crippen LogP contribution in [0.3, 0.4) is 0 Å². The molecule has 0 aromatic heterocycles. The Bertz CT molecular complexity index is 166. The summed E-state index contributed by atoms with van der Waals surface area (Å²) in [6.45, 7) is 3.98. The van der Waals surface area contributed by atoms with E-state index in [0.29, 0.717) is 13.0 Å². The van der Waals surface area contributed by atoms with Crippen LogP contribution in [-0.2, 0) is 0 Å². The number of aliphatic hydroxyl groups excluding tert-OH is 4. The van der Waals surface area contributed by atoms with E-state index in [1.807, 2.05) is 6.92 Å². The molecular weight excluding hydrogens is 280 g/mol. The fraction of sp³-hybridized carbons (Fsp3) is 1.00. The molecule has 4 N–H and O–H groups in total. The number of hydrogen-bond acceptors (Lipinski definition) is 4. The van der Waals surface area contributed by atoms with Crippen LogP contribution in [-0.4, -0.2) is 46.9 Å². The Morgan fingerprint density at radius 2 is 0.909 bits per heavy atom. The predicted octanol–water partition coefficient (Wildman–Crippen LogP) is 3.26. The Labute approximate surface area is 137 Å². The minimum Gasteiger partial charge on any atom is -0.396 e. The zero-order chi connectivity index (χ0) is 17.1. The van der Waals surface area contributed by atoms with E-state index in [2.05, 4.69) is 6.92 Å². The van der Waals surface area contributed by atoms with Crippen molar-refractivity contribution in [2.24, 2.45) is 5.41 Å². The molecular formula is C18H40O4. The summed E-state index contributed by atoms with van der Waals surface area (Å²) in [5, 5.41) is 34.5. The Morgan fingerprint density at radius 1 is 0.545 bits per heavy atom. The lowest BCUT2D eigenvalue weighted by Crippen LogP contribution is -2.32. The maximum atomic E-state index is 8.66. The van der Waals surface area contributed by atoms with E-state index in [1.165, 1.54) is 57.8 Å². The summed E-state index contributed by atoms with van der Waals surface area (Å²) < 4.78 is 0. The van der Waals surface area contributed by atoms with E-state index in [9.17, 15) is 0 Å². The Morgan fingerprint density at radius 3 is 1.14 bits per heavy atom. The molecule has 0 aliphatic rings. The van der Waals surface area contributed by atoms with Crippen LogP contribution in [0, 0.1) is 5.41 Å². The van der Waals surface area contributed by atoms with Crippen molar-refractivity contribution in [1.29, 1.82) is 0 Å². The quantitative estimate of drug-likeness (QED) is 0.370. The molecule has 0 aromatic carbocycles. The van der Waals surface area contributed by atoms with Crippen LogP contribution in [0.4, 0.5) is 0 Å². The molecule has 0 amide bonds. The van der Waals surface area contributed by atoms with Gasteiger partial charge in [-0.05, 0) is 12.8 Å². The van der Waals surface area contributed by atoms with Crippen molar-refractivity contribution in [1.82, 2.24) is 0 Å². The summed E-state index contributed by atoms with van der Waals surface area (Å²) in [7, 11) is 0. The van der Waals surface area contributed by atoms with Gasteiger partial charge in [0.15, 0.2) is 0 Å². The van der Waals surface area contributed by atoms with Gasteiger partial charge in [0.05, 0.1) is 19.8 Å². The van der Waals surface area contributed by atoms with Crippen LogP contribution in [0.5, 0.6) is 0 Å². The summed E-state index contributed by atoms with van der Waals surface area (Å²) in [6.07, 6.45) is 13.9. The van der Waals surface area contributed by atoms with Gasteiger partial charge in [0.25, 0.3) is 0 Å². The van der Waals surface area contributed by atoms with Crippen LogP contribution in [0.15, 0.2) is 0 Å². The van der Waals surface area contributed by atoms with Crippen LogP contribution in [0.2, 0.25) is 0 Å². The largest absolute Gasteiger partial charge is 0.396 e. The average Bonchev–Trinajstić information content (AvgIpc) is 2.57. The first kappa shape index (κ1) is 24.1. The molecule has 0 spiro atoms. The minimum absolute atomic E-state index is 0.156. The molecule has 136 valence electrons. The molecule has 22 heavy (non-hydrogen) atoms. The van der Waals surface area contributed by atoms with Crippen molar-refractivity contribution in [3.8, 4) is 0 Å². The van der Waals surface area contributed by atoms with Gasteiger partial charge in [0.1, 0.15) is 0 Å². The highest BCUT2D eigenvalue weighted by Crippen LogP contribution is 2.18. The molecule has 0 aliphatic heterocycles. The van der Waals surface area contributed by atoms with Crippen LogP contribution in [0.1, 0.15) is 84.5 Å². The van der Waals surface area contributed by atoms with E-state index in [-0.39, 0.29) is 19.8 Å². The average molecular weight is 321 g/mol. The fourth-order valence-corrected chi connectivity index (χ4v) is 2.08. The molecule has 0 saturated carbocycles. The molecule has 0 radical (unpaired) electrons. The van der Waals surface area contributed by atoms with Gasteiger partial charge < -0.3 is 20.4 Å². The van der Waals surface area contributed by atoms with Crippen molar-refractivity contribution in [3.63, 3.8) is 0 Å². The van der Waals surface area contributed by atoms with E-state index in [1.54, 1.807) is 0 Å². The lowest BCUT2D eigenvalue weighted by atomic mass is 9.88. The predicted molar refractivity (Wildman–Crippen MR) is 92.9 cm³/mol. The Hall–Kier alpha value is -0.160. The zero-order valence-corrected chi connectivity index (χ0v) is 14.9. The summed E-state index contributed by atoms with van der Waals surface area (Å²) in [5.74, 6) is 0. The summed E-state index contributed by atoms with van der Waals surface area (Å²) >= 11 is 0. The second-order valence-corrected chi connectivity index (χ2v) is 6.23. The van der Waals surface area contributed by atoms with E-state index < -0.39 is 5.41 Å². The van der Waals surface area contributed by atoms with Gasteiger partial charge in [-0.15, -0.1) is 0 Å². The third-order valence-corrected chi connectivity index (χ3v) is 4.27. The molecule has 0 bridgehead atoms. The van der Waals surface area contributed by atoms with Gasteiger partial charge in [-0.1, -0.05) is 71.6 Å². The highest BCUT2D eigenvalue weighted by Gasteiger charge is 2.24. The fourth-order valence-electron chi connectivity index (χ4n) is 2.08. The molecule has 0 fully saturated rings. The molecule has 0 rings (SSSR count). The number of aliphatic hydroxyl groups is 4. The maximum absolute atomic E-state index is 8.66. The smallest absolute Gasteiger partial charge is 0.0531 e. The second kappa shape index (κ2) is 18.9. The molecule has 0 unspecified atom stereocenters. The first-order chi connectivity index (χ1) is 10.7. The zero-order valence-electron chi connectivity index (χ0n) is 14.9. The van der Waals surface area contributed by atoms with E-state index in [4.69, 9.17) is 20.4 Å². The Kier molecular flexibility index (Phi) is 20.7. The van der Waals surface area contributed by atoms with Crippen molar-refractivity contribution >= 4 is 0 Å². The van der Waals surface area contributed by atoms with Crippen molar-refractivity contribution < 1.29 is 20.4 Å². The monoisotopic (exact) mass is 320 g/mol. The molecule has 0 aromatic rings. The van der Waals surface area contributed by atoms with Gasteiger partial charge in [-0.25, -0.2) is 0 Å². The van der Waals surface area contributed by atoms with Gasteiger partial charge >= 0.3 is 0 Å². The van der Waals surface area contributed by atoms with Gasteiger partial charge in [-0.2, -0.15) is 0 Å². The summed E-state index contributed by atoms with van der Waals surface area (Å²) in [5.41, 5.74) is -0.667. The number of rotatable bonds is 14. The van der Waals surface area contributed by atoms with Gasteiger partial charge in [0.2, 0.25) is 0 Å². The van der Waals surface area contributed by atoms with Crippen molar-refractivity contribution in [2.45, 2.75) is 84.5 Å². The van der Waals surface area contributed by atoms with E-state index in [0.717, 1.165) is 6.42 Å². The molecule has 0 heterocycles. The number of hydrogen-bond donors (Lipinski definition) is 4. The molecule has 0 aliphatic carbocycles. The van der Waals surface area contributed by atoms with E-state index >= 15 is 0 Å². The topological polar surface area (TPSA) is 80.9 Å². The lowest BCUT2D eigenvalue weighted by Gasteiger charge is -2.24. The third-order valence-electron chi connectivity index (χ3n) is 4.27. The first-order valence-corrected chi connectivity index (χ1v) is 9.09. The van der Waals surface area contributed by atoms with Crippen LogP contribution < -0.4 is 0 Å². The first-order valence-electron chi connectivity index (χ1n) is 9.09. The normalized spacial score (nSPS) is 11.2. The van der Waals surface area contributed by atoms with Crippen LogP contribution in [0.25, 0.3) is 0 Å². The van der Waals surface area contributed by atoms with Gasteiger partial charge in [-0.3, -0.25) is 0 Å². The summed E-state index contributed by atoms with van der Waals surface area (Å²) in [6, 6.07) is 0. The highest BCUT2D eigenvalue weighted by atomic mass is 16.3. The number of unbranched alkanes of at least 4 members (excludes halogenated alkanes) is 9.